The first-order valence-corrected chi connectivity index (χ1v) is 8.63. The third-order valence-electron chi connectivity index (χ3n) is 3.58. The molecule has 1 aliphatic carbocycles. The number of hydrogen-bond donors (Lipinski definition) is 2. The van der Waals surface area contributed by atoms with Crippen LogP contribution in [0.4, 0.5) is 10.7 Å². The fourth-order valence-electron chi connectivity index (χ4n) is 2.15. The summed E-state index contributed by atoms with van der Waals surface area (Å²) in [5.74, 6) is 0.364. The van der Waals surface area contributed by atoms with E-state index in [1.54, 1.807) is 0 Å². The summed E-state index contributed by atoms with van der Waals surface area (Å²) >= 11 is 0.871. The van der Waals surface area contributed by atoms with Crippen LogP contribution in [-0.2, 0) is 10.0 Å². The Morgan fingerprint density at radius 2 is 2.15 bits per heavy atom. The summed E-state index contributed by atoms with van der Waals surface area (Å²) in [6.45, 7) is 1.84. The maximum Gasteiger partial charge on any atom is 0.304 e. The molecule has 1 unspecified atom stereocenters. The fourth-order valence-corrected chi connectivity index (χ4v) is 4.76. The zero-order valence-electron chi connectivity index (χ0n) is 11.3. The van der Waals surface area contributed by atoms with Gasteiger partial charge in [0.2, 0.25) is 0 Å². The summed E-state index contributed by atoms with van der Waals surface area (Å²) in [7, 11) is -2.17. The van der Waals surface area contributed by atoms with Crippen LogP contribution in [0.15, 0.2) is 10.3 Å². The second-order valence-corrected chi connectivity index (χ2v) is 7.88. The molecule has 0 saturated heterocycles. The molecule has 20 heavy (non-hydrogen) atoms. The van der Waals surface area contributed by atoms with Crippen molar-refractivity contribution in [2.75, 3.05) is 12.4 Å². The molecule has 0 radical (unpaired) electrons. The van der Waals surface area contributed by atoms with Gasteiger partial charge in [-0.05, 0) is 25.7 Å². The zero-order valence-corrected chi connectivity index (χ0v) is 12.9. The third kappa shape index (κ3) is 2.94. The highest BCUT2D eigenvalue weighted by Crippen LogP contribution is 2.37. The number of sulfonamides is 1. The van der Waals surface area contributed by atoms with Gasteiger partial charge < -0.3 is 5.32 Å². The van der Waals surface area contributed by atoms with Crippen LogP contribution >= 0.6 is 11.3 Å². The normalized spacial score (nSPS) is 17.5. The van der Waals surface area contributed by atoms with Crippen LogP contribution in [0.3, 0.4) is 0 Å². The molecule has 0 spiro atoms. The van der Waals surface area contributed by atoms with Crippen LogP contribution in [0.5, 0.6) is 0 Å². The van der Waals surface area contributed by atoms with Gasteiger partial charge in [0.1, 0.15) is 4.21 Å². The Labute approximate surface area is 121 Å². The van der Waals surface area contributed by atoms with Gasteiger partial charge in [0.15, 0.2) is 5.00 Å². The lowest BCUT2D eigenvalue weighted by molar-refractivity contribution is -0.383. The smallest absolute Gasteiger partial charge is 0.304 e. The van der Waals surface area contributed by atoms with Crippen molar-refractivity contribution in [2.24, 2.45) is 5.92 Å². The number of thiophene rings is 1. The van der Waals surface area contributed by atoms with Crippen molar-refractivity contribution in [2.45, 2.75) is 36.4 Å². The van der Waals surface area contributed by atoms with E-state index in [0.717, 1.165) is 36.7 Å². The first-order valence-electron chi connectivity index (χ1n) is 6.33. The van der Waals surface area contributed by atoms with Crippen LogP contribution in [0.2, 0.25) is 0 Å². The molecule has 2 rings (SSSR count). The van der Waals surface area contributed by atoms with E-state index in [-0.39, 0.29) is 20.9 Å². The standard InChI is InChI=1S/C11H17N3O4S2/c1-7(8-4-3-5-8)13-20(17,18)10-6-9(14(15)16)11(12-2)19-10/h6-8,12-13H,3-5H2,1-2H3. The number of nitrogens with zero attached hydrogens (tertiary/aromatic N) is 1. The first kappa shape index (κ1) is 15.2. The molecule has 1 heterocycles. The van der Waals surface area contributed by atoms with E-state index in [1.165, 1.54) is 7.05 Å². The molecule has 1 aliphatic rings. The maximum atomic E-state index is 12.2. The van der Waals surface area contributed by atoms with Crippen molar-refractivity contribution in [3.8, 4) is 0 Å². The van der Waals surface area contributed by atoms with Crippen molar-refractivity contribution < 1.29 is 13.3 Å². The monoisotopic (exact) mass is 319 g/mol. The van der Waals surface area contributed by atoms with Gasteiger partial charge in [0, 0.05) is 19.2 Å². The van der Waals surface area contributed by atoms with Crippen molar-refractivity contribution in [1.29, 1.82) is 0 Å². The summed E-state index contributed by atoms with van der Waals surface area (Å²) in [6.07, 6.45) is 3.18. The van der Waals surface area contributed by atoms with Gasteiger partial charge in [-0.3, -0.25) is 10.1 Å². The summed E-state index contributed by atoms with van der Waals surface area (Å²) in [4.78, 5) is 10.3. The molecule has 9 heteroatoms. The molecular weight excluding hydrogens is 302 g/mol. The number of rotatable bonds is 6. The van der Waals surface area contributed by atoms with E-state index in [1.807, 2.05) is 6.92 Å². The maximum absolute atomic E-state index is 12.2. The molecule has 0 amide bonds. The molecule has 1 aromatic rings. The highest BCUT2D eigenvalue weighted by Gasteiger charge is 2.30. The minimum atomic E-state index is -3.70. The molecule has 2 N–H and O–H groups in total. The third-order valence-corrected chi connectivity index (χ3v) is 6.75. The minimum absolute atomic E-state index is 0.0280. The van der Waals surface area contributed by atoms with E-state index in [2.05, 4.69) is 10.0 Å². The second-order valence-electron chi connectivity index (χ2n) is 4.89. The number of anilines is 1. The highest BCUT2D eigenvalue weighted by molar-refractivity contribution is 7.91. The summed E-state index contributed by atoms with van der Waals surface area (Å²) in [5, 5.41) is 13.8. The van der Waals surface area contributed by atoms with Gasteiger partial charge in [-0.2, -0.15) is 0 Å². The molecule has 0 aromatic carbocycles. The number of nitrogens with one attached hydrogen (secondary N) is 2. The van der Waals surface area contributed by atoms with E-state index >= 15 is 0 Å². The Morgan fingerprint density at radius 3 is 2.55 bits per heavy atom. The van der Waals surface area contributed by atoms with Crippen LogP contribution in [0.1, 0.15) is 26.2 Å². The van der Waals surface area contributed by atoms with Gasteiger partial charge >= 0.3 is 5.69 Å². The van der Waals surface area contributed by atoms with Crippen molar-refractivity contribution in [3.05, 3.63) is 16.2 Å². The molecular formula is C11H17N3O4S2. The SMILES string of the molecule is CNc1sc(S(=O)(=O)NC(C)C2CCC2)cc1[N+](=O)[O-]. The van der Waals surface area contributed by atoms with Gasteiger partial charge in [0.25, 0.3) is 10.0 Å². The molecule has 1 aromatic heterocycles. The molecule has 0 bridgehead atoms. The summed E-state index contributed by atoms with van der Waals surface area (Å²) < 4.78 is 27.1. The van der Waals surface area contributed by atoms with E-state index in [0.29, 0.717) is 5.92 Å². The van der Waals surface area contributed by atoms with Gasteiger partial charge in [-0.25, -0.2) is 13.1 Å². The Bertz CT molecular complexity index is 607. The molecule has 1 atom stereocenters. The lowest BCUT2D eigenvalue weighted by Crippen LogP contribution is -2.40. The van der Waals surface area contributed by atoms with E-state index in [4.69, 9.17) is 0 Å². The fraction of sp³-hybridized carbons (Fsp3) is 0.636. The molecule has 1 fully saturated rings. The predicted octanol–water partition coefficient (Wildman–Crippen LogP) is 2.16. The van der Waals surface area contributed by atoms with Gasteiger partial charge in [-0.1, -0.05) is 17.8 Å². The van der Waals surface area contributed by atoms with Crippen LogP contribution in [0, 0.1) is 16.0 Å². The summed E-state index contributed by atoms with van der Waals surface area (Å²) in [5.41, 5.74) is -0.214. The molecule has 112 valence electrons. The largest absolute Gasteiger partial charge is 0.374 e. The lowest BCUT2D eigenvalue weighted by Gasteiger charge is -2.31. The van der Waals surface area contributed by atoms with Crippen LogP contribution in [0.25, 0.3) is 0 Å². The topological polar surface area (TPSA) is 101 Å². The Morgan fingerprint density at radius 1 is 1.50 bits per heavy atom. The van der Waals surface area contributed by atoms with Crippen molar-refractivity contribution >= 4 is 32.0 Å². The molecule has 1 saturated carbocycles. The average molecular weight is 319 g/mol. The zero-order chi connectivity index (χ0) is 14.9. The highest BCUT2D eigenvalue weighted by atomic mass is 32.2. The first-order chi connectivity index (χ1) is 9.35. The van der Waals surface area contributed by atoms with Crippen LogP contribution < -0.4 is 10.0 Å². The van der Waals surface area contributed by atoms with Crippen LogP contribution in [-0.4, -0.2) is 26.4 Å². The number of hydrogen-bond acceptors (Lipinski definition) is 6. The lowest BCUT2D eigenvalue weighted by atomic mass is 9.81. The predicted molar refractivity (Wildman–Crippen MR) is 77.6 cm³/mol. The quantitative estimate of drug-likeness (QED) is 0.618. The molecule has 7 nitrogen and oxygen atoms in total. The Kier molecular flexibility index (Phi) is 4.31. The van der Waals surface area contributed by atoms with Gasteiger partial charge in [-0.15, -0.1) is 0 Å². The van der Waals surface area contributed by atoms with E-state index in [9.17, 15) is 18.5 Å². The average Bonchev–Trinajstić information content (AvgIpc) is 2.70. The Balaban J connectivity index is 2.22. The summed E-state index contributed by atoms with van der Waals surface area (Å²) in [6, 6.07) is 0.958. The molecule has 0 aliphatic heterocycles. The van der Waals surface area contributed by atoms with E-state index < -0.39 is 14.9 Å². The Hall–Kier alpha value is -1.19. The van der Waals surface area contributed by atoms with Crippen molar-refractivity contribution in [1.82, 2.24) is 4.72 Å². The van der Waals surface area contributed by atoms with Gasteiger partial charge in [0.05, 0.1) is 4.92 Å². The van der Waals surface area contributed by atoms with Crippen molar-refractivity contribution in [3.63, 3.8) is 0 Å². The number of nitro groups is 1. The second kappa shape index (κ2) is 5.66. The minimum Gasteiger partial charge on any atom is -0.374 e.